The lowest BCUT2D eigenvalue weighted by Crippen LogP contribution is -2.18. The molecule has 184 valence electrons. The number of H-pyrrole nitrogens is 1. The van der Waals surface area contributed by atoms with Crippen LogP contribution < -0.4 is 4.72 Å². The van der Waals surface area contributed by atoms with Gasteiger partial charge in [0.2, 0.25) is 15.8 Å². The molecule has 0 atom stereocenters. The van der Waals surface area contributed by atoms with Crippen LogP contribution in [0.3, 0.4) is 0 Å². The van der Waals surface area contributed by atoms with Crippen LogP contribution in [-0.4, -0.2) is 29.9 Å². The quantitative estimate of drug-likeness (QED) is 0.325. The number of aromatic nitrogens is 2. The number of benzene rings is 2. The number of ketones is 1. The van der Waals surface area contributed by atoms with Gasteiger partial charge in [-0.05, 0) is 55.2 Å². The molecule has 0 amide bonds. The van der Waals surface area contributed by atoms with Gasteiger partial charge in [-0.2, -0.15) is 5.26 Å². The second kappa shape index (κ2) is 9.51. The Hall–Kier alpha value is -4.10. The Bertz CT molecular complexity index is 1650. The van der Waals surface area contributed by atoms with Crippen LogP contribution in [0.25, 0.3) is 22.2 Å². The van der Waals surface area contributed by atoms with Crippen LogP contribution in [-0.2, 0) is 10.0 Å². The summed E-state index contributed by atoms with van der Waals surface area (Å²) >= 11 is 0. The van der Waals surface area contributed by atoms with E-state index in [2.05, 4.69) is 20.8 Å². The van der Waals surface area contributed by atoms with Crippen molar-refractivity contribution in [2.24, 2.45) is 0 Å². The third-order valence-electron chi connectivity index (χ3n) is 5.81. The van der Waals surface area contributed by atoms with Crippen LogP contribution in [0.15, 0.2) is 42.7 Å². The molecule has 2 N–H and O–H groups in total. The van der Waals surface area contributed by atoms with E-state index < -0.39 is 38.7 Å². The minimum Gasteiger partial charge on any atom is -0.345 e. The van der Waals surface area contributed by atoms with Crippen LogP contribution in [0.2, 0.25) is 0 Å². The van der Waals surface area contributed by atoms with E-state index in [1.54, 1.807) is 19.2 Å². The standard InChI is InChI=1S/C26H22F2N4O3S/c1-4-7-36(34,35)32-22-6-5-21(27)23(24(22)28)25(33)20-13-31-26-18(20)10-17(12-30-26)16-8-14(2)19(11-29)15(3)9-16/h5-6,8-10,12-13,32H,4,7H2,1-3H3,(H,30,31). The van der Waals surface area contributed by atoms with Crippen molar-refractivity contribution in [3.8, 4) is 17.2 Å². The number of sulfonamides is 1. The van der Waals surface area contributed by atoms with Crippen molar-refractivity contribution < 1.29 is 22.0 Å². The second-order valence-electron chi connectivity index (χ2n) is 8.45. The highest BCUT2D eigenvalue weighted by Gasteiger charge is 2.26. The van der Waals surface area contributed by atoms with Crippen LogP contribution >= 0.6 is 0 Å². The van der Waals surface area contributed by atoms with Crippen LogP contribution in [0, 0.1) is 36.8 Å². The SMILES string of the molecule is CCCS(=O)(=O)Nc1ccc(F)c(C(=O)c2c[nH]c3ncc(-c4cc(C)c(C#N)c(C)c4)cc23)c1F. The number of aryl methyl sites for hydroxylation is 2. The van der Waals surface area contributed by atoms with Crippen molar-refractivity contribution in [2.75, 3.05) is 10.5 Å². The summed E-state index contributed by atoms with van der Waals surface area (Å²) in [6, 6.07) is 9.29. The molecule has 0 bridgehead atoms. The van der Waals surface area contributed by atoms with Gasteiger partial charge in [0.1, 0.15) is 11.5 Å². The minimum absolute atomic E-state index is 0.0206. The molecule has 2 heterocycles. The maximum Gasteiger partial charge on any atom is 0.232 e. The van der Waals surface area contributed by atoms with Crippen molar-refractivity contribution in [1.82, 2.24) is 9.97 Å². The summed E-state index contributed by atoms with van der Waals surface area (Å²) in [6.45, 7) is 5.29. The molecular formula is C26H22F2N4O3S. The minimum atomic E-state index is -3.86. The lowest BCUT2D eigenvalue weighted by atomic mass is 9.95. The number of carbonyl (C=O) groups is 1. The number of halogens is 2. The van der Waals surface area contributed by atoms with E-state index in [0.717, 1.165) is 28.8 Å². The molecule has 2 aromatic carbocycles. The average molecular weight is 509 g/mol. The van der Waals surface area contributed by atoms with E-state index >= 15 is 4.39 Å². The summed E-state index contributed by atoms with van der Waals surface area (Å²) in [7, 11) is -3.86. The number of fused-ring (bicyclic) bond motifs is 1. The van der Waals surface area contributed by atoms with Gasteiger partial charge in [-0.1, -0.05) is 19.1 Å². The topological polar surface area (TPSA) is 116 Å². The molecule has 0 saturated carbocycles. The number of nitrogens with zero attached hydrogens (tertiary/aromatic N) is 2. The number of pyridine rings is 1. The molecule has 4 rings (SSSR count). The lowest BCUT2D eigenvalue weighted by Gasteiger charge is -2.11. The zero-order valence-corrected chi connectivity index (χ0v) is 20.6. The van der Waals surface area contributed by atoms with Gasteiger partial charge in [0.25, 0.3) is 0 Å². The fraction of sp³-hybridized carbons (Fsp3) is 0.192. The molecule has 0 saturated heterocycles. The summed E-state index contributed by atoms with van der Waals surface area (Å²) in [4.78, 5) is 20.5. The zero-order chi connectivity index (χ0) is 26.2. The van der Waals surface area contributed by atoms with Crippen molar-refractivity contribution in [1.29, 1.82) is 5.26 Å². The number of hydrogen-bond acceptors (Lipinski definition) is 5. The van der Waals surface area contributed by atoms with Gasteiger partial charge in [-0.15, -0.1) is 0 Å². The van der Waals surface area contributed by atoms with Crippen molar-refractivity contribution in [3.05, 3.63) is 82.2 Å². The normalized spacial score (nSPS) is 11.4. The number of nitrogens with one attached hydrogen (secondary N) is 2. The summed E-state index contributed by atoms with van der Waals surface area (Å²) in [6.07, 6.45) is 3.20. The Morgan fingerprint density at radius 1 is 1.14 bits per heavy atom. The molecule has 2 aromatic heterocycles. The van der Waals surface area contributed by atoms with Gasteiger partial charge >= 0.3 is 0 Å². The molecule has 0 aliphatic rings. The molecule has 0 unspecified atom stereocenters. The van der Waals surface area contributed by atoms with Gasteiger partial charge in [-0.25, -0.2) is 22.2 Å². The number of nitriles is 1. The maximum absolute atomic E-state index is 15.2. The Morgan fingerprint density at radius 3 is 2.47 bits per heavy atom. The zero-order valence-electron chi connectivity index (χ0n) is 19.7. The molecule has 4 aromatic rings. The third kappa shape index (κ3) is 4.57. The number of hydrogen-bond donors (Lipinski definition) is 2. The highest BCUT2D eigenvalue weighted by molar-refractivity contribution is 7.92. The first-order valence-electron chi connectivity index (χ1n) is 11.1. The summed E-state index contributed by atoms with van der Waals surface area (Å²) in [5.74, 6) is -3.62. The monoisotopic (exact) mass is 508 g/mol. The number of carbonyl (C=O) groups excluding carboxylic acids is 1. The molecule has 10 heteroatoms. The highest BCUT2D eigenvalue weighted by Crippen LogP contribution is 2.31. The van der Waals surface area contributed by atoms with E-state index in [9.17, 15) is 22.9 Å². The fourth-order valence-electron chi connectivity index (χ4n) is 4.12. The Morgan fingerprint density at radius 2 is 1.83 bits per heavy atom. The van der Waals surface area contributed by atoms with Gasteiger partial charge in [-0.3, -0.25) is 9.52 Å². The van der Waals surface area contributed by atoms with Crippen molar-refractivity contribution in [3.63, 3.8) is 0 Å². The summed E-state index contributed by atoms with van der Waals surface area (Å²) in [5.41, 5.74) is 2.49. The van der Waals surface area contributed by atoms with E-state index in [4.69, 9.17) is 0 Å². The first kappa shape index (κ1) is 25.0. The molecular weight excluding hydrogens is 486 g/mol. The summed E-state index contributed by atoms with van der Waals surface area (Å²) in [5, 5.41) is 9.67. The fourth-order valence-corrected chi connectivity index (χ4v) is 5.25. The molecule has 0 aliphatic heterocycles. The van der Waals surface area contributed by atoms with Crippen molar-refractivity contribution in [2.45, 2.75) is 27.2 Å². The molecule has 0 fully saturated rings. The Balaban J connectivity index is 1.80. The first-order valence-corrected chi connectivity index (χ1v) is 12.7. The average Bonchev–Trinajstić information content (AvgIpc) is 3.24. The van der Waals surface area contributed by atoms with Crippen LogP contribution in [0.4, 0.5) is 14.5 Å². The molecule has 0 radical (unpaired) electrons. The van der Waals surface area contributed by atoms with E-state index in [1.807, 2.05) is 26.0 Å². The first-order chi connectivity index (χ1) is 17.1. The van der Waals surface area contributed by atoms with Crippen molar-refractivity contribution >= 4 is 32.5 Å². The Kier molecular flexibility index (Phi) is 6.61. The Labute approximate surface area is 206 Å². The number of aromatic amines is 1. The van der Waals surface area contributed by atoms with Gasteiger partial charge < -0.3 is 4.98 Å². The van der Waals surface area contributed by atoms with E-state index in [-0.39, 0.29) is 11.3 Å². The molecule has 7 nitrogen and oxygen atoms in total. The predicted octanol–water partition coefficient (Wildman–Crippen LogP) is 5.38. The van der Waals surface area contributed by atoms with Gasteiger partial charge in [0.15, 0.2) is 5.82 Å². The van der Waals surface area contributed by atoms with E-state index in [1.165, 1.54) is 6.20 Å². The highest BCUT2D eigenvalue weighted by atomic mass is 32.2. The van der Waals surface area contributed by atoms with Crippen LogP contribution in [0.1, 0.15) is 46.0 Å². The molecule has 36 heavy (non-hydrogen) atoms. The second-order valence-corrected chi connectivity index (χ2v) is 10.3. The van der Waals surface area contributed by atoms with Gasteiger partial charge in [0, 0.05) is 28.9 Å². The molecule has 0 spiro atoms. The maximum atomic E-state index is 15.2. The predicted molar refractivity (Wildman–Crippen MR) is 133 cm³/mol. The number of anilines is 1. The smallest absolute Gasteiger partial charge is 0.232 e. The largest absolute Gasteiger partial charge is 0.345 e. The van der Waals surface area contributed by atoms with Gasteiger partial charge in [0.05, 0.1) is 28.6 Å². The lowest BCUT2D eigenvalue weighted by molar-refractivity contribution is 0.103. The van der Waals surface area contributed by atoms with E-state index in [0.29, 0.717) is 28.6 Å². The van der Waals surface area contributed by atoms with Crippen LogP contribution in [0.5, 0.6) is 0 Å². The summed E-state index contributed by atoms with van der Waals surface area (Å²) < 4.78 is 56.1. The number of rotatable bonds is 7. The third-order valence-corrected chi connectivity index (χ3v) is 7.29. The molecule has 0 aliphatic carbocycles.